The molecule has 0 spiro atoms. The molecule has 1 aliphatic rings. The van der Waals surface area contributed by atoms with E-state index in [1.54, 1.807) is 7.11 Å². The second-order valence-corrected chi connectivity index (χ2v) is 7.79. The molecule has 0 saturated carbocycles. The Balaban J connectivity index is 1.84. The standard InChI is InChI=1S/C26H27NO4/c1-30-23-15-21-20(24(26(28)29)25(23)31-2)13-14-27(16-18-9-5-3-6-10-18)17-22(21)19-11-7-4-8-12-19/h3-12,15,22H,13-14,16-17H2,1-2H3,(H,28,29). The summed E-state index contributed by atoms with van der Waals surface area (Å²) in [5.41, 5.74) is 4.44. The number of benzene rings is 3. The Morgan fingerprint density at radius 1 is 1.03 bits per heavy atom. The Hall–Kier alpha value is -3.31. The van der Waals surface area contributed by atoms with Crippen LogP contribution >= 0.6 is 0 Å². The van der Waals surface area contributed by atoms with Gasteiger partial charge in [0, 0.05) is 25.6 Å². The molecule has 3 aromatic rings. The summed E-state index contributed by atoms with van der Waals surface area (Å²) in [7, 11) is 3.04. The molecule has 31 heavy (non-hydrogen) atoms. The van der Waals surface area contributed by atoms with Crippen molar-refractivity contribution >= 4 is 5.97 Å². The number of nitrogens with zero attached hydrogens (tertiary/aromatic N) is 1. The zero-order valence-electron chi connectivity index (χ0n) is 17.9. The van der Waals surface area contributed by atoms with Gasteiger partial charge in [0.25, 0.3) is 0 Å². The van der Waals surface area contributed by atoms with Crippen molar-refractivity contribution < 1.29 is 19.4 Å². The molecule has 5 heteroatoms. The second-order valence-electron chi connectivity index (χ2n) is 7.79. The third kappa shape index (κ3) is 4.28. The number of hydrogen-bond acceptors (Lipinski definition) is 4. The molecule has 0 radical (unpaired) electrons. The van der Waals surface area contributed by atoms with Crippen molar-refractivity contribution in [2.24, 2.45) is 0 Å². The van der Waals surface area contributed by atoms with E-state index in [0.29, 0.717) is 12.2 Å². The number of carboxylic acid groups (broad SMARTS) is 1. The molecule has 160 valence electrons. The first-order chi connectivity index (χ1) is 15.1. The van der Waals surface area contributed by atoms with Crippen molar-refractivity contribution in [2.75, 3.05) is 27.3 Å². The van der Waals surface area contributed by atoms with Gasteiger partial charge in [0.05, 0.1) is 14.2 Å². The summed E-state index contributed by atoms with van der Waals surface area (Å²) in [6.07, 6.45) is 0.632. The van der Waals surface area contributed by atoms with Gasteiger partial charge in [-0.3, -0.25) is 4.90 Å². The minimum Gasteiger partial charge on any atom is -0.493 e. The normalized spacial score (nSPS) is 16.3. The molecule has 1 unspecified atom stereocenters. The Kier molecular flexibility index (Phi) is 6.23. The van der Waals surface area contributed by atoms with Gasteiger partial charge in [-0.1, -0.05) is 60.7 Å². The maximum Gasteiger partial charge on any atom is 0.339 e. The predicted octanol–water partition coefficient (Wildman–Crippen LogP) is 4.59. The van der Waals surface area contributed by atoms with E-state index in [9.17, 15) is 9.90 Å². The fourth-order valence-electron chi connectivity index (χ4n) is 4.53. The molecule has 4 rings (SSSR count). The van der Waals surface area contributed by atoms with Crippen LogP contribution in [0.1, 0.15) is 38.5 Å². The first kappa shape index (κ1) is 20.9. The molecule has 3 aromatic carbocycles. The summed E-state index contributed by atoms with van der Waals surface area (Å²) < 4.78 is 11.0. The number of carboxylic acids is 1. The Morgan fingerprint density at radius 2 is 1.71 bits per heavy atom. The van der Waals surface area contributed by atoms with Crippen LogP contribution < -0.4 is 9.47 Å². The van der Waals surface area contributed by atoms with E-state index in [2.05, 4.69) is 41.3 Å². The lowest BCUT2D eigenvalue weighted by molar-refractivity contribution is 0.0691. The highest BCUT2D eigenvalue weighted by molar-refractivity contribution is 5.94. The highest BCUT2D eigenvalue weighted by atomic mass is 16.5. The lowest BCUT2D eigenvalue weighted by Crippen LogP contribution is -2.28. The van der Waals surface area contributed by atoms with E-state index in [1.165, 1.54) is 12.7 Å². The van der Waals surface area contributed by atoms with Gasteiger partial charge in [-0.05, 0) is 34.7 Å². The maximum absolute atomic E-state index is 12.3. The molecule has 0 amide bonds. The van der Waals surface area contributed by atoms with Crippen LogP contribution in [0.5, 0.6) is 11.5 Å². The summed E-state index contributed by atoms with van der Waals surface area (Å²) in [6.45, 7) is 2.37. The van der Waals surface area contributed by atoms with E-state index in [4.69, 9.17) is 9.47 Å². The molecule has 1 aliphatic heterocycles. The van der Waals surface area contributed by atoms with Gasteiger partial charge < -0.3 is 14.6 Å². The number of hydrogen-bond donors (Lipinski definition) is 1. The molecule has 1 N–H and O–H groups in total. The van der Waals surface area contributed by atoms with Crippen molar-refractivity contribution in [3.05, 3.63) is 94.5 Å². The lowest BCUT2D eigenvalue weighted by Gasteiger charge is -2.26. The van der Waals surface area contributed by atoms with Crippen LogP contribution in [0.2, 0.25) is 0 Å². The minimum absolute atomic E-state index is 0.0281. The van der Waals surface area contributed by atoms with Gasteiger partial charge in [-0.15, -0.1) is 0 Å². The zero-order chi connectivity index (χ0) is 21.8. The number of rotatable bonds is 6. The SMILES string of the molecule is COc1cc2c(c(C(=O)O)c1OC)CCN(Cc1ccccc1)CC2c1ccccc1. The van der Waals surface area contributed by atoms with Crippen molar-refractivity contribution in [3.8, 4) is 11.5 Å². The molecule has 0 fully saturated rings. The highest BCUT2D eigenvalue weighted by Gasteiger charge is 2.32. The second kappa shape index (κ2) is 9.23. The average molecular weight is 418 g/mol. The Morgan fingerprint density at radius 3 is 2.32 bits per heavy atom. The van der Waals surface area contributed by atoms with Crippen LogP contribution in [0, 0.1) is 0 Å². The molecule has 0 aliphatic carbocycles. The van der Waals surface area contributed by atoms with Crippen molar-refractivity contribution in [1.82, 2.24) is 4.90 Å². The summed E-state index contributed by atoms with van der Waals surface area (Å²) >= 11 is 0. The number of carbonyl (C=O) groups is 1. The van der Waals surface area contributed by atoms with Crippen molar-refractivity contribution in [3.63, 3.8) is 0 Å². The quantitative estimate of drug-likeness (QED) is 0.636. The van der Waals surface area contributed by atoms with Crippen molar-refractivity contribution in [1.29, 1.82) is 0 Å². The van der Waals surface area contributed by atoms with Crippen LogP contribution in [-0.4, -0.2) is 43.3 Å². The van der Waals surface area contributed by atoms with Crippen LogP contribution in [0.15, 0.2) is 66.7 Å². The zero-order valence-corrected chi connectivity index (χ0v) is 17.9. The van der Waals surface area contributed by atoms with Crippen LogP contribution in [0.3, 0.4) is 0 Å². The van der Waals surface area contributed by atoms with Crippen LogP contribution in [-0.2, 0) is 13.0 Å². The fraction of sp³-hybridized carbons (Fsp3) is 0.269. The monoisotopic (exact) mass is 417 g/mol. The Bertz CT molecular complexity index is 1050. The van der Waals surface area contributed by atoms with Crippen LogP contribution in [0.4, 0.5) is 0 Å². The minimum atomic E-state index is -0.990. The summed E-state index contributed by atoms with van der Waals surface area (Å²) in [5, 5.41) is 10.1. The highest BCUT2D eigenvalue weighted by Crippen LogP contribution is 2.42. The Labute approximate surface area is 182 Å². The molecule has 0 aromatic heterocycles. The van der Waals surface area contributed by atoms with E-state index >= 15 is 0 Å². The molecular weight excluding hydrogens is 390 g/mol. The molecule has 5 nitrogen and oxygen atoms in total. The fourth-order valence-corrected chi connectivity index (χ4v) is 4.53. The number of fused-ring (bicyclic) bond motifs is 1. The molecule has 0 saturated heterocycles. The van der Waals surface area contributed by atoms with E-state index in [0.717, 1.165) is 36.3 Å². The van der Waals surface area contributed by atoms with Gasteiger partial charge in [-0.2, -0.15) is 0 Å². The number of ether oxygens (including phenoxy) is 2. The van der Waals surface area contributed by atoms with E-state index in [1.807, 2.05) is 30.3 Å². The summed E-state index contributed by atoms with van der Waals surface area (Å²) in [6, 6.07) is 22.6. The van der Waals surface area contributed by atoms with Crippen LogP contribution in [0.25, 0.3) is 0 Å². The summed E-state index contributed by atoms with van der Waals surface area (Å²) in [4.78, 5) is 14.7. The predicted molar refractivity (Wildman–Crippen MR) is 120 cm³/mol. The largest absolute Gasteiger partial charge is 0.493 e. The summed E-state index contributed by atoms with van der Waals surface area (Å²) in [5.74, 6) is -0.219. The lowest BCUT2D eigenvalue weighted by atomic mass is 9.85. The number of aromatic carboxylic acids is 1. The topological polar surface area (TPSA) is 59.0 Å². The number of methoxy groups -OCH3 is 2. The molecule has 1 heterocycles. The first-order valence-corrected chi connectivity index (χ1v) is 10.4. The van der Waals surface area contributed by atoms with Crippen molar-refractivity contribution in [2.45, 2.75) is 18.9 Å². The first-order valence-electron chi connectivity index (χ1n) is 10.4. The molecular formula is C26H27NO4. The van der Waals surface area contributed by atoms with Gasteiger partial charge in [0.1, 0.15) is 5.56 Å². The third-order valence-electron chi connectivity index (χ3n) is 5.97. The maximum atomic E-state index is 12.3. The van der Waals surface area contributed by atoms with Gasteiger partial charge in [-0.25, -0.2) is 4.79 Å². The smallest absolute Gasteiger partial charge is 0.339 e. The van der Waals surface area contributed by atoms with Gasteiger partial charge in [0.2, 0.25) is 0 Å². The third-order valence-corrected chi connectivity index (χ3v) is 5.97. The van der Waals surface area contributed by atoms with E-state index in [-0.39, 0.29) is 17.2 Å². The average Bonchev–Trinajstić information content (AvgIpc) is 2.98. The molecule has 1 atom stereocenters. The van der Waals surface area contributed by atoms with Gasteiger partial charge >= 0.3 is 5.97 Å². The van der Waals surface area contributed by atoms with E-state index < -0.39 is 5.97 Å². The van der Waals surface area contributed by atoms with Gasteiger partial charge in [0.15, 0.2) is 11.5 Å². The molecule has 0 bridgehead atoms.